The van der Waals surface area contributed by atoms with Gasteiger partial charge in [0.15, 0.2) is 0 Å². The standard InChI is InChI=1S/C35H46F2N4O5S/c1-5-12-41(13-6-2)35(44)28-18-27(19-31(20-28)47(45,46)39-8-4)34(43)40-32(17-26-15-29(36)21-30(37)16-26)33(42)23-38-22-25-11-9-10-24(7-3)14-25/h9-11,14-16,18-21,32-33,38-39,42H,5-8,12-13,17,22-23H2,1-4H3,(H,40,43)/t32-,33+/m0/s1. The molecule has 0 saturated carbocycles. The summed E-state index contributed by atoms with van der Waals surface area (Å²) in [4.78, 5) is 28.6. The van der Waals surface area contributed by atoms with Crippen LogP contribution in [0.25, 0.3) is 0 Å². The lowest BCUT2D eigenvalue weighted by Gasteiger charge is -2.26. The van der Waals surface area contributed by atoms with Crippen molar-refractivity contribution < 1.29 is 31.9 Å². The van der Waals surface area contributed by atoms with E-state index in [4.69, 9.17) is 0 Å². The number of nitrogens with one attached hydrogen (secondary N) is 3. The van der Waals surface area contributed by atoms with Crippen molar-refractivity contribution in [2.45, 2.75) is 77.0 Å². The van der Waals surface area contributed by atoms with Gasteiger partial charge >= 0.3 is 0 Å². The van der Waals surface area contributed by atoms with Gasteiger partial charge in [-0.25, -0.2) is 21.9 Å². The molecule has 0 aliphatic rings. The number of rotatable bonds is 18. The van der Waals surface area contributed by atoms with Crippen molar-refractivity contribution in [2.24, 2.45) is 0 Å². The number of hydrogen-bond donors (Lipinski definition) is 4. The van der Waals surface area contributed by atoms with E-state index in [0.717, 1.165) is 35.7 Å². The fourth-order valence-corrected chi connectivity index (χ4v) is 6.41. The highest BCUT2D eigenvalue weighted by atomic mass is 32.2. The topological polar surface area (TPSA) is 128 Å². The molecule has 0 heterocycles. The van der Waals surface area contributed by atoms with Crippen LogP contribution < -0.4 is 15.4 Å². The Labute approximate surface area is 276 Å². The highest BCUT2D eigenvalue weighted by Gasteiger charge is 2.26. The van der Waals surface area contributed by atoms with Crippen LogP contribution in [0, 0.1) is 11.6 Å². The second-order valence-corrected chi connectivity index (χ2v) is 13.2. The van der Waals surface area contributed by atoms with Gasteiger partial charge in [-0.1, -0.05) is 52.0 Å². The molecule has 0 radical (unpaired) electrons. The third-order valence-electron chi connectivity index (χ3n) is 7.58. The van der Waals surface area contributed by atoms with Gasteiger partial charge in [-0.05, 0) is 72.7 Å². The molecule has 2 amide bonds. The van der Waals surface area contributed by atoms with Gasteiger partial charge in [0.1, 0.15) is 11.6 Å². The summed E-state index contributed by atoms with van der Waals surface area (Å²) in [6.45, 7) is 8.97. The molecule has 0 unspecified atom stereocenters. The lowest BCUT2D eigenvalue weighted by atomic mass is 9.99. The van der Waals surface area contributed by atoms with Crippen molar-refractivity contribution in [1.82, 2.24) is 20.3 Å². The molecule has 0 fully saturated rings. The molecule has 4 N–H and O–H groups in total. The maximum absolute atomic E-state index is 14.1. The van der Waals surface area contributed by atoms with Crippen LogP contribution in [0.2, 0.25) is 0 Å². The third kappa shape index (κ3) is 11.2. The fraction of sp³-hybridized carbons (Fsp3) is 0.429. The summed E-state index contributed by atoms with van der Waals surface area (Å²) in [6, 6.07) is 13.6. The van der Waals surface area contributed by atoms with Crippen molar-refractivity contribution in [2.75, 3.05) is 26.2 Å². The van der Waals surface area contributed by atoms with Crippen LogP contribution in [-0.4, -0.2) is 68.6 Å². The van der Waals surface area contributed by atoms with Gasteiger partial charge in [0, 0.05) is 49.9 Å². The van der Waals surface area contributed by atoms with Gasteiger partial charge < -0.3 is 20.6 Å². The predicted molar refractivity (Wildman–Crippen MR) is 179 cm³/mol. The number of hydrogen-bond acceptors (Lipinski definition) is 6. The zero-order valence-corrected chi connectivity index (χ0v) is 28.3. The molecular formula is C35H46F2N4O5S. The largest absolute Gasteiger partial charge is 0.390 e. The summed E-state index contributed by atoms with van der Waals surface area (Å²) in [5, 5.41) is 17.1. The van der Waals surface area contributed by atoms with Crippen LogP contribution >= 0.6 is 0 Å². The number of halogens is 2. The normalized spacial score (nSPS) is 12.8. The first kappa shape index (κ1) is 37.7. The number of nitrogens with zero attached hydrogens (tertiary/aromatic N) is 1. The van der Waals surface area contributed by atoms with E-state index >= 15 is 0 Å². The fourth-order valence-electron chi connectivity index (χ4n) is 5.30. The predicted octanol–water partition coefficient (Wildman–Crippen LogP) is 4.58. The third-order valence-corrected chi connectivity index (χ3v) is 9.10. The average molecular weight is 673 g/mol. The molecular weight excluding hydrogens is 626 g/mol. The molecule has 0 saturated heterocycles. The molecule has 3 aromatic carbocycles. The van der Waals surface area contributed by atoms with E-state index in [9.17, 15) is 31.9 Å². The van der Waals surface area contributed by atoms with Crippen molar-refractivity contribution in [1.29, 1.82) is 0 Å². The SMILES string of the molecule is CCCN(CCC)C(=O)c1cc(C(=O)N[C@@H](Cc2cc(F)cc(F)c2)[C@H](O)CNCc2cccc(CC)c2)cc(S(=O)(=O)NCC)c1. The van der Waals surface area contributed by atoms with Gasteiger partial charge in [0.2, 0.25) is 10.0 Å². The van der Waals surface area contributed by atoms with Gasteiger partial charge in [0.25, 0.3) is 11.8 Å². The van der Waals surface area contributed by atoms with Crippen LogP contribution in [-0.2, 0) is 29.4 Å². The maximum atomic E-state index is 14.1. The molecule has 47 heavy (non-hydrogen) atoms. The van der Waals surface area contributed by atoms with E-state index in [1.807, 2.05) is 38.1 Å². The van der Waals surface area contributed by atoms with E-state index < -0.39 is 45.6 Å². The first-order chi connectivity index (χ1) is 22.4. The summed E-state index contributed by atoms with van der Waals surface area (Å²) in [7, 11) is -4.06. The van der Waals surface area contributed by atoms with Gasteiger partial charge in [0.05, 0.1) is 17.0 Å². The number of aryl methyl sites for hydroxylation is 1. The van der Waals surface area contributed by atoms with Crippen molar-refractivity contribution in [3.05, 3.63) is 100 Å². The highest BCUT2D eigenvalue weighted by Crippen LogP contribution is 2.19. The average Bonchev–Trinajstić information content (AvgIpc) is 3.03. The number of amides is 2. The quantitative estimate of drug-likeness (QED) is 0.157. The van der Waals surface area contributed by atoms with Crippen LogP contribution in [0.4, 0.5) is 8.78 Å². The molecule has 9 nitrogen and oxygen atoms in total. The summed E-state index contributed by atoms with van der Waals surface area (Å²) >= 11 is 0. The summed E-state index contributed by atoms with van der Waals surface area (Å²) < 4.78 is 56.6. The first-order valence-corrected chi connectivity index (χ1v) is 17.5. The van der Waals surface area contributed by atoms with Gasteiger partial charge in [-0.3, -0.25) is 9.59 Å². The van der Waals surface area contributed by atoms with Crippen LogP contribution in [0.5, 0.6) is 0 Å². The van der Waals surface area contributed by atoms with E-state index in [1.54, 1.807) is 11.8 Å². The molecule has 12 heteroatoms. The summed E-state index contributed by atoms with van der Waals surface area (Å²) in [5.74, 6) is -2.79. The molecule has 0 bridgehead atoms. The smallest absolute Gasteiger partial charge is 0.253 e. The molecule has 0 aliphatic heterocycles. The number of aliphatic hydroxyl groups is 1. The van der Waals surface area contributed by atoms with Crippen LogP contribution in [0.3, 0.4) is 0 Å². The Balaban J connectivity index is 1.95. The molecule has 2 atom stereocenters. The van der Waals surface area contributed by atoms with Gasteiger partial charge in [-0.15, -0.1) is 0 Å². The zero-order chi connectivity index (χ0) is 34.6. The molecule has 0 spiro atoms. The second kappa shape index (κ2) is 18.0. The maximum Gasteiger partial charge on any atom is 0.253 e. The first-order valence-electron chi connectivity index (χ1n) is 16.1. The van der Waals surface area contributed by atoms with E-state index in [0.29, 0.717) is 32.5 Å². The molecule has 0 aliphatic carbocycles. The van der Waals surface area contributed by atoms with E-state index in [1.165, 1.54) is 18.2 Å². The summed E-state index contributed by atoms with van der Waals surface area (Å²) in [6.07, 6.45) is 0.906. The number of carbonyl (C=O) groups excluding carboxylic acids is 2. The molecule has 3 rings (SSSR count). The Morgan fingerprint density at radius 1 is 0.851 bits per heavy atom. The van der Waals surface area contributed by atoms with Gasteiger partial charge in [-0.2, -0.15) is 0 Å². The van der Waals surface area contributed by atoms with Crippen molar-refractivity contribution >= 4 is 21.8 Å². The minimum Gasteiger partial charge on any atom is -0.390 e. The molecule has 256 valence electrons. The van der Waals surface area contributed by atoms with Crippen molar-refractivity contribution in [3.63, 3.8) is 0 Å². The Kier molecular flexibility index (Phi) is 14.5. The number of benzene rings is 3. The minimum absolute atomic E-state index is 0.0244. The number of aliphatic hydroxyl groups excluding tert-OH is 1. The van der Waals surface area contributed by atoms with E-state index in [-0.39, 0.29) is 41.1 Å². The van der Waals surface area contributed by atoms with Crippen LogP contribution in [0.1, 0.15) is 77.9 Å². The summed E-state index contributed by atoms with van der Waals surface area (Å²) in [5.41, 5.74) is 2.27. The highest BCUT2D eigenvalue weighted by molar-refractivity contribution is 7.89. The van der Waals surface area contributed by atoms with Crippen LogP contribution in [0.15, 0.2) is 65.6 Å². The molecule has 3 aromatic rings. The van der Waals surface area contributed by atoms with Crippen molar-refractivity contribution in [3.8, 4) is 0 Å². The van der Waals surface area contributed by atoms with E-state index in [2.05, 4.69) is 22.3 Å². The lowest BCUT2D eigenvalue weighted by molar-refractivity contribution is 0.0755. The Morgan fingerprint density at radius 2 is 1.49 bits per heavy atom. The monoisotopic (exact) mass is 672 g/mol. The Hall–Kier alpha value is -3.71. The molecule has 0 aromatic heterocycles. The minimum atomic E-state index is -4.06. The lowest BCUT2D eigenvalue weighted by Crippen LogP contribution is -2.48. The second-order valence-electron chi connectivity index (χ2n) is 11.5. The Morgan fingerprint density at radius 3 is 2.11 bits per heavy atom. The zero-order valence-electron chi connectivity index (χ0n) is 27.5. The Bertz CT molecular complexity index is 1590. The number of carbonyl (C=O) groups is 2. The number of sulfonamides is 1.